The third kappa shape index (κ3) is 5.82. The molecule has 1 heterocycles. The molecule has 1 saturated heterocycles. The van der Waals surface area contributed by atoms with Gasteiger partial charge in [-0.15, -0.1) is 0 Å². The summed E-state index contributed by atoms with van der Waals surface area (Å²) in [5.74, 6) is -2.14. The predicted octanol–water partition coefficient (Wildman–Crippen LogP) is 1.49. The van der Waals surface area contributed by atoms with Gasteiger partial charge in [0.15, 0.2) is 6.10 Å². The van der Waals surface area contributed by atoms with Gasteiger partial charge in [0.1, 0.15) is 17.7 Å². The fourth-order valence-corrected chi connectivity index (χ4v) is 2.29. The van der Waals surface area contributed by atoms with Crippen molar-refractivity contribution in [3.05, 3.63) is 0 Å². The number of hydrogen-bond acceptors (Lipinski definition) is 5. The standard InChI is InChI=1S/C16H27NO6/c1-6-9(2)12(15(21)23-16(3,4)5)17-13(18)10-7-8-11(22-10)14(19)20/h9-12H,6-8H2,1-5H3,(H,17,18)(H,19,20)/t9-,10-,11+,12-/m0/s1. The van der Waals surface area contributed by atoms with E-state index >= 15 is 0 Å². The van der Waals surface area contributed by atoms with Crippen LogP contribution in [0.5, 0.6) is 0 Å². The first kappa shape index (κ1) is 19.4. The van der Waals surface area contributed by atoms with Crippen LogP contribution in [0.2, 0.25) is 0 Å². The first-order valence-corrected chi connectivity index (χ1v) is 7.96. The van der Waals surface area contributed by atoms with E-state index in [0.717, 1.165) is 0 Å². The van der Waals surface area contributed by atoms with E-state index in [0.29, 0.717) is 12.8 Å². The van der Waals surface area contributed by atoms with Gasteiger partial charge in [-0.2, -0.15) is 0 Å². The Morgan fingerprint density at radius 3 is 2.26 bits per heavy atom. The van der Waals surface area contributed by atoms with Gasteiger partial charge in [-0.05, 0) is 39.5 Å². The molecule has 7 nitrogen and oxygen atoms in total. The van der Waals surface area contributed by atoms with Crippen LogP contribution in [-0.2, 0) is 23.9 Å². The number of carbonyl (C=O) groups is 3. The Morgan fingerprint density at radius 2 is 1.83 bits per heavy atom. The lowest BCUT2D eigenvalue weighted by Crippen LogP contribution is -2.50. The fourth-order valence-electron chi connectivity index (χ4n) is 2.29. The highest BCUT2D eigenvalue weighted by atomic mass is 16.6. The van der Waals surface area contributed by atoms with E-state index in [1.54, 1.807) is 20.8 Å². The van der Waals surface area contributed by atoms with Crippen molar-refractivity contribution in [2.75, 3.05) is 0 Å². The minimum atomic E-state index is -1.08. The molecule has 132 valence electrons. The summed E-state index contributed by atoms with van der Waals surface area (Å²) < 4.78 is 10.6. The summed E-state index contributed by atoms with van der Waals surface area (Å²) in [4.78, 5) is 35.5. The van der Waals surface area contributed by atoms with E-state index in [4.69, 9.17) is 14.6 Å². The molecule has 0 aromatic rings. The number of carboxylic acid groups (broad SMARTS) is 1. The molecule has 0 unspecified atom stereocenters. The molecule has 4 atom stereocenters. The van der Waals surface area contributed by atoms with E-state index in [9.17, 15) is 14.4 Å². The molecule has 0 saturated carbocycles. The minimum Gasteiger partial charge on any atom is -0.479 e. The number of amides is 1. The molecule has 0 radical (unpaired) electrons. The number of rotatable bonds is 6. The van der Waals surface area contributed by atoms with Crippen molar-refractivity contribution in [3.8, 4) is 0 Å². The van der Waals surface area contributed by atoms with E-state index in [-0.39, 0.29) is 12.3 Å². The van der Waals surface area contributed by atoms with E-state index < -0.39 is 41.7 Å². The molecule has 0 spiro atoms. The van der Waals surface area contributed by atoms with Crippen LogP contribution in [0.25, 0.3) is 0 Å². The Morgan fingerprint density at radius 1 is 1.26 bits per heavy atom. The van der Waals surface area contributed by atoms with Gasteiger partial charge in [0.05, 0.1) is 0 Å². The Bertz CT molecular complexity index is 456. The molecule has 1 amide bonds. The Labute approximate surface area is 136 Å². The van der Waals surface area contributed by atoms with Gasteiger partial charge in [0.25, 0.3) is 0 Å². The summed E-state index contributed by atoms with van der Waals surface area (Å²) in [5, 5.41) is 11.6. The summed E-state index contributed by atoms with van der Waals surface area (Å²) in [6, 6.07) is -0.779. The van der Waals surface area contributed by atoms with Gasteiger partial charge in [0.2, 0.25) is 5.91 Å². The summed E-state index contributed by atoms with van der Waals surface area (Å²) in [5.41, 5.74) is -0.647. The highest BCUT2D eigenvalue weighted by Crippen LogP contribution is 2.21. The molecule has 1 aliphatic heterocycles. The lowest BCUT2D eigenvalue weighted by molar-refractivity contribution is -0.162. The van der Waals surface area contributed by atoms with Crippen LogP contribution >= 0.6 is 0 Å². The van der Waals surface area contributed by atoms with Gasteiger partial charge >= 0.3 is 11.9 Å². The topological polar surface area (TPSA) is 102 Å². The van der Waals surface area contributed by atoms with Gasteiger partial charge in [-0.1, -0.05) is 20.3 Å². The summed E-state index contributed by atoms with van der Waals surface area (Å²) in [7, 11) is 0. The molecule has 7 heteroatoms. The van der Waals surface area contributed by atoms with Gasteiger partial charge < -0.3 is 19.9 Å². The fraction of sp³-hybridized carbons (Fsp3) is 0.812. The normalized spacial score (nSPS) is 23.9. The first-order valence-electron chi connectivity index (χ1n) is 7.96. The molecule has 1 aliphatic rings. The maximum atomic E-state index is 12.3. The lowest BCUT2D eigenvalue weighted by atomic mass is 9.98. The molecule has 0 bridgehead atoms. The van der Waals surface area contributed by atoms with Crippen molar-refractivity contribution in [1.82, 2.24) is 5.32 Å². The zero-order valence-electron chi connectivity index (χ0n) is 14.4. The maximum Gasteiger partial charge on any atom is 0.332 e. The highest BCUT2D eigenvalue weighted by molar-refractivity contribution is 5.88. The molecule has 0 aliphatic carbocycles. The Hall–Kier alpha value is -1.63. The van der Waals surface area contributed by atoms with Crippen molar-refractivity contribution >= 4 is 17.8 Å². The number of carbonyl (C=O) groups excluding carboxylic acids is 2. The quantitative estimate of drug-likeness (QED) is 0.716. The number of nitrogens with one attached hydrogen (secondary N) is 1. The average molecular weight is 329 g/mol. The van der Waals surface area contributed by atoms with Crippen LogP contribution in [0.15, 0.2) is 0 Å². The number of hydrogen-bond donors (Lipinski definition) is 2. The van der Waals surface area contributed by atoms with Crippen LogP contribution < -0.4 is 5.32 Å². The third-order valence-corrected chi connectivity index (χ3v) is 3.76. The molecule has 0 aromatic carbocycles. The van der Waals surface area contributed by atoms with Gasteiger partial charge in [-0.3, -0.25) is 4.79 Å². The van der Waals surface area contributed by atoms with Crippen LogP contribution in [0.1, 0.15) is 53.9 Å². The highest BCUT2D eigenvalue weighted by Gasteiger charge is 2.38. The van der Waals surface area contributed by atoms with Crippen molar-refractivity contribution < 1.29 is 29.0 Å². The molecular formula is C16H27NO6. The van der Waals surface area contributed by atoms with E-state index in [1.165, 1.54) is 0 Å². The van der Waals surface area contributed by atoms with E-state index in [2.05, 4.69) is 5.32 Å². The van der Waals surface area contributed by atoms with Crippen LogP contribution in [0.4, 0.5) is 0 Å². The SMILES string of the molecule is CC[C@H](C)[C@H](NC(=O)[C@@H]1CC[C@H](C(=O)O)O1)C(=O)OC(C)(C)C. The van der Waals surface area contributed by atoms with Gasteiger partial charge in [-0.25, -0.2) is 9.59 Å². The zero-order chi connectivity index (χ0) is 17.8. The zero-order valence-corrected chi connectivity index (χ0v) is 14.4. The summed E-state index contributed by atoms with van der Waals surface area (Å²) in [6.45, 7) is 9.05. The number of ether oxygens (including phenoxy) is 2. The largest absolute Gasteiger partial charge is 0.479 e. The number of carboxylic acids is 1. The second-order valence-corrected chi connectivity index (χ2v) is 6.93. The molecule has 23 heavy (non-hydrogen) atoms. The van der Waals surface area contributed by atoms with Crippen LogP contribution in [-0.4, -0.2) is 46.8 Å². The van der Waals surface area contributed by atoms with Crippen molar-refractivity contribution in [1.29, 1.82) is 0 Å². The lowest BCUT2D eigenvalue weighted by Gasteiger charge is -2.28. The van der Waals surface area contributed by atoms with Crippen molar-refractivity contribution in [3.63, 3.8) is 0 Å². The molecule has 1 rings (SSSR count). The summed E-state index contributed by atoms with van der Waals surface area (Å²) >= 11 is 0. The maximum absolute atomic E-state index is 12.3. The number of aliphatic carboxylic acids is 1. The summed E-state index contributed by atoms with van der Waals surface area (Å²) in [6.07, 6.45) is -0.509. The first-order chi connectivity index (χ1) is 10.5. The smallest absolute Gasteiger partial charge is 0.332 e. The predicted molar refractivity (Wildman–Crippen MR) is 82.8 cm³/mol. The molecule has 2 N–H and O–H groups in total. The van der Waals surface area contributed by atoms with Crippen molar-refractivity contribution in [2.24, 2.45) is 5.92 Å². The minimum absolute atomic E-state index is 0.106. The average Bonchev–Trinajstić information content (AvgIpc) is 2.91. The van der Waals surface area contributed by atoms with Gasteiger partial charge in [0, 0.05) is 0 Å². The monoisotopic (exact) mass is 329 g/mol. The van der Waals surface area contributed by atoms with Crippen LogP contribution in [0.3, 0.4) is 0 Å². The molecule has 0 aromatic heterocycles. The molecular weight excluding hydrogens is 302 g/mol. The molecule has 1 fully saturated rings. The van der Waals surface area contributed by atoms with E-state index in [1.807, 2.05) is 13.8 Å². The Kier molecular flexibility index (Phi) is 6.56. The Balaban J connectivity index is 2.72. The number of esters is 1. The van der Waals surface area contributed by atoms with Crippen LogP contribution in [0, 0.1) is 5.92 Å². The second kappa shape index (κ2) is 7.77. The van der Waals surface area contributed by atoms with Crippen molar-refractivity contribution in [2.45, 2.75) is 77.7 Å². The second-order valence-electron chi connectivity index (χ2n) is 6.93. The third-order valence-electron chi connectivity index (χ3n) is 3.76.